The highest BCUT2D eigenvalue weighted by Crippen LogP contribution is 2.16. The summed E-state index contributed by atoms with van der Waals surface area (Å²) in [5, 5.41) is 21.6. The molecule has 1 aromatic rings. The average Bonchev–Trinajstić information content (AvgIpc) is 2.49. The van der Waals surface area contributed by atoms with E-state index in [0.717, 1.165) is 38.0 Å². The van der Waals surface area contributed by atoms with E-state index in [9.17, 15) is 15.0 Å². The van der Waals surface area contributed by atoms with Crippen molar-refractivity contribution in [1.82, 2.24) is 10.2 Å². The Morgan fingerprint density at radius 1 is 1.48 bits per heavy atom. The minimum atomic E-state index is -0.154. The molecule has 2 rings (SSSR count). The molecule has 1 amide bonds. The van der Waals surface area contributed by atoms with Crippen LogP contribution in [-0.2, 0) is 0 Å². The Morgan fingerprint density at radius 3 is 3.05 bits per heavy atom. The summed E-state index contributed by atoms with van der Waals surface area (Å²) in [5.41, 5.74) is 1.37. The zero-order chi connectivity index (χ0) is 15.2. The SMILES string of the molecule is Cc1ccc(O)cc1C(=O)NCCN1CCC[C@H](CO)C1. The number of phenols is 1. The number of benzene rings is 1. The molecule has 0 unspecified atom stereocenters. The summed E-state index contributed by atoms with van der Waals surface area (Å²) < 4.78 is 0. The summed E-state index contributed by atoms with van der Waals surface area (Å²) in [6.07, 6.45) is 2.19. The van der Waals surface area contributed by atoms with Crippen molar-refractivity contribution in [2.45, 2.75) is 19.8 Å². The van der Waals surface area contributed by atoms with E-state index in [1.807, 2.05) is 6.92 Å². The number of carbonyl (C=O) groups excluding carboxylic acids is 1. The van der Waals surface area contributed by atoms with Crippen LogP contribution in [0.25, 0.3) is 0 Å². The zero-order valence-electron chi connectivity index (χ0n) is 12.5. The molecule has 0 spiro atoms. The molecule has 0 bridgehead atoms. The molecular formula is C16H24N2O3. The first-order chi connectivity index (χ1) is 10.1. The largest absolute Gasteiger partial charge is 0.508 e. The molecule has 21 heavy (non-hydrogen) atoms. The maximum atomic E-state index is 12.1. The molecule has 1 fully saturated rings. The van der Waals surface area contributed by atoms with E-state index >= 15 is 0 Å². The molecule has 1 aliphatic rings. The third kappa shape index (κ3) is 4.44. The fourth-order valence-electron chi connectivity index (χ4n) is 2.78. The molecule has 5 nitrogen and oxygen atoms in total. The lowest BCUT2D eigenvalue weighted by Crippen LogP contribution is -2.41. The maximum absolute atomic E-state index is 12.1. The van der Waals surface area contributed by atoms with Gasteiger partial charge in [0.25, 0.3) is 5.91 Å². The Bertz CT molecular complexity index is 490. The number of aromatic hydroxyl groups is 1. The Labute approximate surface area is 125 Å². The number of hydrogen-bond donors (Lipinski definition) is 3. The number of aryl methyl sites for hydroxylation is 1. The van der Waals surface area contributed by atoms with Gasteiger partial charge in [0.15, 0.2) is 0 Å². The van der Waals surface area contributed by atoms with Crippen molar-refractivity contribution in [2.24, 2.45) is 5.92 Å². The molecule has 5 heteroatoms. The van der Waals surface area contributed by atoms with Crippen molar-refractivity contribution >= 4 is 5.91 Å². The van der Waals surface area contributed by atoms with Crippen molar-refractivity contribution in [3.05, 3.63) is 29.3 Å². The highest BCUT2D eigenvalue weighted by atomic mass is 16.3. The van der Waals surface area contributed by atoms with E-state index in [-0.39, 0.29) is 18.3 Å². The number of carbonyl (C=O) groups is 1. The van der Waals surface area contributed by atoms with Crippen LogP contribution in [0.4, 0.5) is 0 Å². The number of phenolic OH excluding ortho intramolecular Hbond substituents is 1. The van der Waals surface area contributed by atoms with Crippen LogP contribution in [0.1, 0.15) is 28.8 Å². The van der Waals surface area contributed by atoms with Crippen LogP contribution in [0, 0.1) is 12.8 Å². The Kier molecular flexibility index (Phi) is 5.59. The number of amides is 1. The van der Waals surface area contributed by atoms with Gasteiger partial charge in [0.2, 0.25) is 0 Å². The molecule has 0 aliphatic carbocycles. The Balaban J connectivity index is 1.80. The number of hydrogen-bond acceptors (Lipinski definition) is 4. The van der Waals surface area contributed by atoms with Gasteiger partial charge in [-0.2, -0.15) is 0 Å². The molecular weight excluding hydrogens is 268 g/mol. The number of nitrogens with zero attached hydrogens (tertiary/aromatic N) is 1. The van der Waals surface area contributed by atoms with Crippen LogP contribution >= 0.6 is 0 Å². The zero-order valence-corrected chi connectivity index (χ0v) is 12.5. The van der Waals surface area contributed by atoms with Gasteiger partial charge in [-0.25, -0.2) is 0 Å². The third-order valence-electron chi connectivity index (χ3n) is 4.04. The summed E-state index contributed by atoms with van der Waals surface area (Å²) in [5.74, 6) is 0.314. The van der Waals surface area contributed by atoms with Crippen LogP contribution in [0.5, 0.6) is 5.75 Å². The second-order valence-electron chi connectivity index (χ2n) is 5.75. The molecule has 116 valence electrons. The molecule has 1 saturated heterocycles. The lowest BCUT2D eigenvalue weighted by atomic mass is 9.99. The van der Waals surface area contributed by atoms with Gasteiger partial charge in [-0.3, -0.25) is 4.79 Å². The molecule has 0 radical (unpaired) electrons. The number of piperidine rings is 1. The van der Waals surface area contributed by atoms with E-state index in [1.165, 1.54) is 6.07 Å². The summed E-state index contributed by atoms with van der Waals surface area (Å²) in [7, 11) is 0. The highest BCUT2D eigenvalue weighted by molar-refractivity contribution is 5.96. The smallest absolute Gasteiger partial charge is 0.251 e. The standard InChI is InChI=1S/C16H24N2O3/c1-12-4-5-14(20)9-15(12)16(21)17-6-8-18-7-2-3-13(10-18)11-19/h4-5,9,13,19-20H,2-3,6-8,10-11H2,1H3,(H,17,21)/t13-/m0/s1. The van der Waals surface area contributed by atoms with E-state index < -0.39 is 0 Å². The van der Waals surface area contributed by atoms with Crippen LogP contribution in [0.2, 0.25) is 0 Å². The van der Waals surface area contributed by atoms with Crippen molar-refractivity contribution < 1.29 is 15.0 Å². The van der Waals surface area contributed by atoms with Crippen LogP contribution in [0.3, 0.4) is 0 Å². The second-order valence-corrected chi connectivity index (χ2v) is 5.75. The Morgan fingerprint density at radius 2 is 2.29 bits per heavy atom. The van der Waals surface area contributed by atoms with E-state index in [1.54, 1.807) is 12.1 Å². The molecule has 0 saturated carbocycles. The van der Waals surface area contributed by atoms with Gasteiger partial charge in [-0.05, 0) is 49.9 Å². The van der Waals surface area contributed by atoms with Crippen molar-refractivity contribution in [3.8, 4) is 5.75 Å². The highest BCUT2D eigenvalue weighted by Gasteiger charge is 2.19. The van der Waals surface area contributed by atoms with Gasteiger partial charge in [0, 0.05) is 31.8 Å². The molecule has 1 aliphatic heterocycles. The normalized spacial score (nSPS) is 19.4. The van der Waals surface area contributed by atoms with Crippen LogP contribution in [0.15, 0.2) is 18.2 Å². The number of aliphatic hydroxyl groups excluding tert-OH is 1. The van der Waals surface area contributed by atoms with Crippen molar-refractivity contribution in [3.63, 3.8) is 0 Å². The van der Waals surface area contributed by atoms with Gasteiger partial charge in [0.1, 0.15) is 5.75 Å². The summed E-state index contributed by atoms with van der Waals surface area (Å²) >= 11 is 0. The van der Waals surface area contributed by atoms with E-state index in [4.69, 9.17) is 0 Å². The first-order valence-electron chi connectivity index (χ1n) is 7.51. The number of aliphatic hydroxyl groups is 1. The quantitative estimate of drug-likeness (QED) is 0.761. The monoisotopic (exact) mass is 292 g/mol. The van der Waals surface area contributed by atoms with Crippen molar-refractivity contribution in [1.29, 1.82) is 0 Å². The van der Waals surface area contributed by atoms with Gasteiger partial charge < -0.3 is 20.4 Å². The molecule has 1 heterocycles. The first-order valence-corrected chi connectivity index (χ1v) is 7.51. The average molecular weight is 292 g/mol. The molecule has 1 atom stereocenters. The Hall–Kier alpha value is -1.59. The van der Waals surface area contributed by atoms with Gasteiger partial charge in [0.05, 0.1) is 0 Å². The van der Waals surface area contributed by atoms with Gasteiger partial charge >= 0.3 is 0 Å². The van der Waals surface area contributed by atoms with Gasteiger partial charge in [-0.1, -0.05) is 6.07 Å². The lowest BCUT2D eigenvalue weighted by molar-refractivity contribution is 0.0929. The van der Waals surface area contributed by atoms with E-state index in [2.05, 4.69) is 10.2 Å². The minimum absolute atomic E-state index is 0.104. The minimum Gasteiger partial charge on any atom is -0.508 e. The third-order valence-corrected chi connectivity index (χ3v) is 4.04. The maximum Gasteiger partial charge on any atom is 0.251 e. The summed E-state index contributed by atoms with van der Waals surface area (Å²) in [6, 6.07) is 4.81. The number of nitrogens with one attached hydrogen (secondary N) is 1. The van der Waals surface area contributed by atoms with Crippen LogP contribution < -0.4 is 5.32 Å². The van der Waals surface area contributed by atoms with Crippen LogP contribution in [-0.4, -0.2) is 53.8 Å². The molecule has 1 aromatic carbocycles. The summed E-state index contributed by atoms with van der Waals surface area (Å²) in [4.78, 5) is 14.4. The van der Waals surface area contributed by atoms with Crippen molar-refractivity contribution in [2.75, 3.05) is 32.8 Å². The fourth-order valence-corrected chi connectivity index (χ4v) is 2.78. The molecule has 0 aromatic heterocycles. The topological polar surface area (TPSA) is 72.8 Å². The van der Waals surface area contributed by atoms with E-state index in [0.29, 0.717) is 18.0 Å². The van der Waals surface area contributed by atoms with Gasteiger partial charge in [-0.15, -0.1) is 0 Å². The lowest BCUT2D eigenvalue weighted by Gasteiger charge is -2.31. The number of likely N-dealkylation sites (tertiary alicyclic amines) is 1. The predicted octanol–water partition coefficient (Wildman–Crippen LogP) is 1.13. The fraction of sp³-hybridized carbons (Fsp3) is 0.562. The molecule has 3 N–H and O–H groups in total. The first kappa shape index (κ1) is 15.8. The number of rotatable bonds is 5. The summed E-state index contributed by atoms with van der Waals surface area (Å²) in [6.45, 7) is 5.39. The second kappa shape index (κ2) is 7.43. The predicted molar refractivity (Wildman–Crippen MR) is 81.4 cm³/mol.